The second kappa shape index (κ2) is 10.5. The Morgan fingerprint density at radius 1 is 1.10 bits per heavy atom. The predicted molar refractivity (Wildman–Crippen MR) is 107 cm³/mol. The van der Waals surface area contributed by atoms with Crippen molar-refractivity contribution in [1.82, 2.24) is 5.32 Å². The van der Waals surface area contributed by atoms with Crippen molar-refractivity contribution in [3.63, 3.8) is 0 Å². The Kier molecular flexibility index (Phi) is 7.80. The third kappa shape index (κ3) is 6.40. The Labute approximate surface area is 169 Å². The zero-order valence-corrected chi connectivity index (χ0v) is 16.5. The second-order valence-corrected chi connectivity index (χ2v) is 6.05. The Bertz CT molecular complexity index is 929. The van der Waals surface area contributed by atoms with Crippen molar-refractivity contribution in [3.8, 4) is 17.6 Å². The molecular formula is C22H22N2O5. The third-order valence-electron chi connectivity index (χ3n) is 4.03. The van der Waals surface area contributed by atoms with Crippen molar-refractivity contribution in [2.24, 2.45) is 0 Å². The number of esters is 1. The second-order valence-electron chi connectivity index (χ2n) is 6.05. The molecule has 0 aliphatic rings. The first-order chi connectivity index (χ1) is 14.0. The average molecular weight is 394 g/mol. The van der Waals surface area contributed by atoms with Crippen LogP contribution in [-0.2, 0) is 20.9 Å². The van der Waals surface area contributed by atoms with Gasteiger partial charge in [-0.1, -0.05) is 18.2 Å². The van der Waals surface area contributed by atoms with Crippen LogP contribution in [0.25, 0.3) is 6.08 Å². The van der Waals surface area contributed by atoms with Gasteiger partial charge in [0.2, 0.25) is 0 Å². The molecule has 7 nitrogen and oxygen atoms in total. The van der Waals surface area contributed by atoms with Crippen molar-refractivity contribution in [1.29, 1.82) is 5.26 Å². The highest BCUT2D eigenvalue weighted by molar-refractivity contribution is 5.90. The molecule has 2 rings (SSSR count). The van der Waals surface area contributed by atoms with E-state index in [9.17, 15) is 9.59 Å². The van der Waals surface area contributed by atoms with Gasteiger partial charge in [0.05, 0.1) is 25.9 Å². The summed E-state index contributed by atoms with van der Waals surface area (Å²) in [5.74, 6) is 0.105. The van der Waals surface area contributed by atoms with Gasteiger partial charge in [0.15, 0.2) is 17.6 Å². The molecule has 0 heterocycles. The molecule has 0 saturated heterocycles. The van der Waals surface area contributed by atoms with E-state index in [1.807, 2.05) is 6.07 Å². The maximum absolute atomic E-state index is 12.2. The van der Waals surface area contributed by atoms with E-state index in [0.29, 0.717) is 17.1 Å². The zero-order valence-electron chi connectivity index (χ0n) is 16.5. The van der Waals surface area contributed by atoms with E-state index in [4.69, 9.17) is 19.5 Å². The Morgan fingerprint density at radius 2 is 1.79 bits per heavy atom. The molecule has 29 heavy (non-hydrogen) atoms. The van der Waals surface area contributed by atoms with E-state index in [1.54, 1.807) is 55.7 Å². The molecule has 0 aliphatic carbocycles. The topological polar surface area (TPSA) is 97.6 Å². The van der Waals surface area contributed by atoms with Gasteiger partial charge >= 0.3 is 5.97 Å². The fraction of sp³-hybridized carbons (Fsp3) is 0.227. The smallest absolute Gasteiger partial charge is 0.331 e. The highest BCUT2D eigenvalue weighted by Gasteiger charge is 2.16. The summed E-state index contributed by atoms with van der Waals surface area (Å²) >= 11 is 0. The van der Waals surface area contributed by atoms with Crippen LogP contribution < -0.4 is 14.8 Å². The fourth-order valence-corrected chi connectivity index (χ4v) is 2.42. The highest BCUT2D eigenvalue weighted by atomic mass is 16.5. The summed E-state index contributed by atoms with van der Waals surface area (Å²) in [6.45, 7) is 1.75. The van der Waals surface area contributed by atoms with Crippen molar-refractivity contribution in [2.45, 2.75) is 19.6 Å². The van der Waals surface area contributed by atoms with Crippen LogP contribution >= 0.6 is 0 Å². The van der Waals surface area contributed by atoms with Gasteiger partial charge in [-0.25, -0.2) is 4.79 Å². The molecule has 2 aromatic rings. The molecule has 1 amide bonds. The maximum atomic E-state index is 12.2. The SMILES string of the molecule is COc1ccc(CNC(=O)[C@H](C)OC(=O)/C=C/c2ccc(C#N)cc2)cc1OC. The number of carbonyl (C=O) groups is 2. The molecule has 1 atom stereocenters. The normalized spacial score (nSPS) is 11.4. The van der Waals surface area contributed by atoms with Crippen LogP contribution in [0.1, 0.15) is 23.6 Å². The lowest BCUT2D eigenvalue weighted by Crippen LogP contribution is -2.35. The summed E-state index contributed by atoms with van der Waals surface area (Å²) in [6, 6.07) is 14.0. The molecule has 1 N–H and O–H groups in total. The van der Waals surface area contributed by atoms with Gasteiger partial charge in [0.1, 0.15) is 0 Å². The zero-order chi connectivity index (χ0) is 21.2. The molecule has 0 fully saturated rings. The van der Waals surface area contributed by atoms with Crippen LogP contribution in [0.4, 0.5) is 0 Å². The standard InChI is InChI=1S/C22H22N2O5/c1-15(29-21(25)11-9-16-4-6-17(13-23)7-5-16)22(26)24-14-18-8-10-19(27-2)20(12-18)28-3/h4-12,15H,14H2,1-3H3,(H,24,26)/b11-9+/t15-/m0/s1. The number of methoxy groups -OCH3 is 2. The molecule has 0 radical (unpaired) electrons. The van der Waals surface area contributed by atoms with Gasteiger partial charge in [-0.3, -0.25) is 4.79 Å². The molecule has 2 aromatic carbocycles. The first-order valence-electron chi connectivity index (χ1n) is 8.84. The van der Waals surface area contributed by atoms with Gasteiger partial charge < -0.3 is 19.5 Å². The summed E-state index contributed by atoms with van der Waals surface area (Å²) in [5, 5.41) is 11.5. The number of hydrogen-bond acceptors (Lipinski definition) is 6. The largest absolute Gasteiger partial charge is 0.493 e. The molecule has 0 aromatic heterocycles. The minimum atomic E-state index is -0.951. The maximum Gasteiger partial charge on any atom is 0.331 e. The summed E-state index contributed by atoms with van der Waals surface area (Å²) < 4.78 is 15.5. The van der Waals surface area contributed by atoms with E-state index in [1.165, 1.54) is 20.1 Å². The number of nitrogens with one attached hydrogen (secondary N) is 1. The van der Waals surface area contributed by atoms with E-state index in [0.717, 1.165) is 11.1 Å². The Balaban J connectivity index is 1.85. The van der Waals surface area contributed by atoms with Gasteiger partial charge in [0.25, 0.3) is 5.91 Å². The molecule has 150 valence electrons. The van der Waals surface area contributed by atoms with Gasteiger partial charge in [-0.15, -0.1) is 0 Å². The quantitative estimate of drug-likeness (QED) is 0.546. The number of nitrogens with zero attached hydrogens (tertiary/aromatic N) is 1. The fourth-order valence-electron chi connectivity index (χ4n) is 2.42. The number of nitriles is 1. The minimum absolute atomic E-state index is 0.252. The number of amides is 1. The lowest BCUT2D eigenvalue weighted by molar-refractivity contribution is -0.150. The summed E-state index contributed by atoms with van der Waals surface area (Å²) in [6.07, 6.45) is 1.84. The summed E-state index contributed by atoms with van der Waals surface area (Å²) in [4.78, 5) is 24.1. The third-order valence-corrected chi connectivity index (χ3v) is 4.03. The Hall–Kier alpha value is -3.79. The molecule has 0 saturated carbocycles. The lowest BCUT2D eigenvalue weighted by Gasteiger charge is -2.13. The lowest BCUT2D eigenvalue weighted by atomic mass is 10.1. The highest BCUT2D eigenvalue weighted by Crippen LogP contribution is 2.27. The number of rotatable bonds is 8. The van der Waals surface area contributed by atoms with Crippen molar-refractivity contribution >= 4 is 18.0 Å². The molecule has 7 heteroatoms. The number of ether oxygens (including phenoxy) is 3. The number of benzene rings is 2. The summed E-state index contributed by atoms with van der Waals surface area (Å²) in [7, 11) is 3.08. The van der Waals surface area contributed by atoms with Gasteiger partial charge in [0, 0.05) is 12.6 Å². The van der Waals surface area contributed by atoms with Crippen LogP contribution in [0, 0.1) is 11.3 Å². The number of hydrogen-bond donors (Lipinski definition) is 1. The minimum Gasteiger partial charge on any atom is -0.493 e. The van der Waals surface area contributed by atoms with Crippen LogP contribution in [0.3, 0.4) is 0 Å². The molecule has 0 unspecified atom stereocenters. The first kappa shape index (κ1) is 21.5. The van der Waals surface area contributed by atoms with Crippen molar-refractivity contribution in [2.75, 3.05) is 14.2 Å². The van der Waals surface area contributed by atoms with Crippen molar-refractivity contribution in [3.05, 3.63) is 65.2 Å². The molecule has 0 bridgehead atoms. The van der Waals surface area contributed by atoms with E-state index in [2.05, 4.69) is 5.32 Å². The molecule has 0 spiro atoms. The van der Waals surface area contributed by atoms with Gasteiger partial charge in [-0.2, -0.15) is 5.26 Å². The average Bonchev–Trinajstić information content (AvgIpc) is 2.75. The van der Waals surface area contributed by atoms with Crippen LogP contribution in [-0.4, -0.2) is 32.2 Å². The molecular weight excluding hydrogens is 372 g/mol. The summed E-state index contributed by atoms with van der Waals surface area (Å²) in [5.41, 5.74) is 2.09. The molecule has 0 aliphatic heterocycles. The van der Waals surface area contributed by atoms with Crippen molar-refractivity contribution < 1.29 is 23.8 Å². The van der Waals surface area contributed by atoms with Gasteiger partial charge in [-0.05, 0) is 48.4 Å². The van der Waals surface area contributed by atoms with E-state index >= 15 is 0 Å². The van der Waals surface area contributed by atoms with E-state index < -0.39 is 18.0 Å². The van der Waals surface area contributed by atoms with Crippen LogP contribution in [0.2, 0.25) is 0 Å². The Morgan fingerprint density at radius 3 is 2.41 bits per heavy atom. The predicted octanol–water partition coefficient (Wildman–Crippen LogP) is 2.84. The van der Waals surface area contributed by atoms with Crippen LogP contribution in [0.15, 0.2) is 48.5 Å². The monoisotopic (exact) mass is 394 g/mol. The number of carbonyl (C=O) groups excluding carboxylic acids is 2. The van der Waals surface area contributed by atoms with E-state index in [-0.39, 0.29) is 6.54 Å². The first-order valence-corrected chi connectivity index (χ1v) is 8.84. The van der Waals surface area contributed by atoms with Crippen LogP contribution in [0.5, 0.6) is 11.5 Å².